The number of carbonyl (C=O) groups excluding carboxylic acids is 1. The molecule has 1 aliphatic rings. The van der Waals surface area contributed by atoms with Gasteiger partial charge in [0.05, 0.1) is 12.0 Å². The molecular formula is C24H28N2O3S. The number of aryl methyl sites for hydroxylation is 2. The second-order valence-corrected chi connectivity index (χ2v) is 9.84. The Bertz CT molecular complexity index is 1170. The van der Waals surface area contributed by atoms with Crippen LogP contribution in [0.4, 0.5) is 0 Å². The van der Waals surface area contributed by atoms with Gasteiger partial charge in [-0.05, 0) is 58.4 Å². The third-order valence-corrected chi connectivity index (χ3v) is 7.12. The molecule has 0 bridgehead atoms. The van der Waals surface area contributed by atoms with E-state index < -0.39 is 11.5 Å². The number of hydrogen-bond acceptors (Lipinski definition) is 5. The third kappa shape index (κ3) is 3.37. The molecule has 1 unspecified atom stereocenters. The molecule has 1 aliphatic carbocycles. The summed E-state index contributed by atoms with van der Waals surface area (Å²) in [7, 11) is 0. The number of aromatic nitrogens is 2. The maximum Gasteiger partial charge on any atom is 0.331 e. The molecule has 0 spiro atoms. The zero-order chi connectivity index (χ0) is 21.6. The molecule has 158 valence electrons. The van der Waals surface area contributed by atoms with Crippen molar-refractivity contribution in [3.05, 3.63) is 50.6 Å². The summed E-state index contributed by atoms with van der Waals surface area (Å²) in [6, 6.07) is 7.90. The summed E-state index contributed by atoms with van der Waals surface area (Å²) in [5.74, 6) is 0.692. The predicted octanol–water partition coefficient (Wildman–Crippen LogP) is 4.86. The number of thiophene rings is 1. The maximum atomic E-state index is 13.9. The number of hydrogen-bond donors (Lipinski definition) is 0. The highest BCUT2D eigenvalue weighted by atomic mass is 32.1. The Kier molecular flexibility index (Phi) is 5.30. The van der Waals surface area contributed by atoms with Crippen LogP contribution in [0.2, 0.25) is 0 Å². The summed E-state index contributed by atoms with van der Waals surface area (Å²) in [5.41, 5.74) is 1.73. The van der Waals surface area contributed by atoms with Crippen LogP contribution in [0.1, 0.15) is 50.1 Å². The van der Waals surface area contributed by atoms with Crippen molar-refractivity contribution >= 4 is 27.5 Å². The zero-order valence-electron chi connectivity index (χ0n) is 18.2. The topological polar surface area (TPSA) is 61.2 Å². The second-order valence-electron chi connectivity index (χ2n) is 8.75. The molecule has 0 amide bonds. The van der Waals surface area contributed by atoms with Gasteiger partial charge in [-0.3, -0.25) is 9.36 Å². The predicted molar refractivity (Wildman–Crippen MR) is 121 cm³/mol. The fourth-order valence-corrected chi connectivity index (χ4v) is 5.58. The van der Waals surface area contributed by atoms with Crippen LogP contribution in [0.15, 0.2) is 29.1 Å². The van der Waals surface area contributed by atoms with E-state index in [0.29, 0.717) is 17.1 Å². The normalized spacial score (nSPS) is 16.5. The highest BCUT2D eigenvalue weighted by Crippen LogP contribution is 2.37. The molecule has 0 N–H and O–H groups in total. The van der Waals surface area contributed by atoms with Gasteiger partial charge in [-0.15, -0.1) is 11.3 Å². The first-order valence-electron chi connectivity index (χ1n) is 10.6. The number of esters is 1. The fourth-order valence-electron chi connectivity index (χ4n) is 4.20. The molecule has 0 radical (unpaired) electrons. The van der Waals surface area contributed by atoms with Crippen molar-refractivity contribution in [3.8, 4) is 11.4 Å². The van der Waals surface area contributed by atoms with Crippen LogP contribution < -0.4 is 5.56 Å². The number of nitrogens with zero attached hydrogens (tertiary/aromatic N) is 2. The molecule has 5 nitrogen and oxygen atoms in total. The summed E-state index contributed by atoms with van der Waals surface area (Å²) < 4.78 is 6.87. The van der Waals surface area contributed by atoms with Gasteiger partial charge in [-0.1, -0.05) is 36.8 Å². The van der Waals surface area contributed by atoms with E-state index in [1.807, 2.05) is 31.2 Å². The zero-order valence-corrected chi connectivity index (χ0v) is 19.1. The van der Waals surface area contributed by atoms with Gasteiger partial charge >= 0.3 is 5.97 Å². The van der Waals surface area contributed by atoms with Crippen LogP contribution in [0, 0.1) is 12.8 Å². The molecule has 4 rings (SSSR count). The number of fused-ring (bicyclic) bond motifs is 3. The smallest absolute Gasteiger partial charge is 0.331 e. The van der Waals surface area contributed by atoms with Gasteiger partial charge in [0.25, 0.3) is 5.56 Å². The lowest BCUT2D eigenvalue weighted by molar-refractivity contribution is -0.152. The minimum absolute atomic E-state index is 0.152. The van der Waals surface area contributed by atoms with Gasteiger partial charge in [0, 0.05) is 10.4 Å². The number of carbonyl (C=O) groups is 1. The largest absolute Gasteiger partial charge is 0.464 e. The minimum Gasteiger partial charge on any atom is -0.464 e. The molecule has 3 aromatic rings. The lowest BCUT2D eigenvalue weighted by Crippen LogP contribution is -2.45. The summed E-state index contributed by atoms with van der Waals surface area (Å²) in [6.07, 6.45) is 2.94. The molecule has 1 aromatic carbocycles. The second kappa shape index (κ2) is 7.65. The van der Waals surface area contributed by atoms with Gasteiger partial charge in [-0.2, -0.15) is 0 Å². The van der Waals surface area contributed by atoms with Crippen molar-refractivity contribution in [2.75, 3.05) is 6.61 Å². The average molecular weight is 425 g/mol. The average Bonchev–Trinajstić information content (AvgIpc) is 3.06. The molecule has 30 heavy (non-hydrogen) atoms. The molecule has 2 heterocycles. The first-order valence-corrected chi connectivity index (χ1v) is 11.4. The van der Waals surface area contributed by atoms with Gasteiger partial charge in [0.2, 0.25) is 0 Å². The molecule has 0 fully saturated rings. The molecule has 0 aliphatic heterocycles. The van der Waals surface area contributed by atoms with Crippen molar-refractivity contribution < 1.29 is 9.53 Å². The minimum atomic E-state index is -1.18. The number of benzene rings is 1. The Morgan fingerprint density at radius 2 is 2.00 bits per heavy atom. The first-order chi connectivity index (χ1) is 14.2. The van der Waals surface area contributed by atoms with Crippen LogP contribution in [0.5, 0.6) is 0 Å². The summed E-state index contributed by atoms with van der Waals surface area (Å²) in [6.45, 7) is 9.77. The summed E-state index contributed by atoms with van der Waals surface area (Å²) >= 11 is 1.63. The Morgan fingerprint density at radius 3 is 2.67 bits per heavy atom. The SMILES string of the molecule is CCOC(=O)C(C)(C)n1c(-c2ccc(C)cc2)nc2sc3c(c2c1=O)CCC(C)C3. The van der Waals surface area contributed by atoms with Crippen LogP contribution in [-0.4, -0.2) is 22.1 Å². The summed E-state index contributed by atoms with van der Waals surface area (Å²) in [4.78, 5) is 33.7. The maximum absolute atomic E-state index is 13.9. The Morgan fingerprint density at radius 1 is 1.30 bits per heavy atom. The van der Waals surface area contributed by atoms with E-state index in [4.69, 9.17) is 9.72 Å². The molecular weight excluding hydrogens is 396 g/mol. The number of ether oxygens (including phenoxy) is 1. The lowest BCUT2D eigenvalue weighted by atomic mass is 9.89. The highest BCUT2D eigenvalue weighted by molar-refractivity contribution is 7.18. The van der Waals surface area contributed by atoms with Crippen LogP contribution in [0.3, 0.4) is 0 Å². The Labute approximate surface area is 180 Å². The van der Waals surface area contributed by atoms with Gasteiger partial charge in [0.15, 0.2) is 0 Å². The van der Waals surface area contributed by atoms with Crippen molar-refractivity contribution in [1.82, 2.24) is 9.55 Å². The van der Waals surface area contributed by atoms with E-state index in [0.717, 1.165) is 40.8 Å². The van der Waals surface area contributed by atoms with E-state index in [9.17, 15) is 9.59 Å². The van der Waals surface area contributed by atoms with Crippen LogP contribution >= 0.6 is 11.3 Å². The van der Waals surface area contributed by atoms with Crippen molar-refractivity contribution in [2.24, 2.45) is 5.92 Å². The molecule has 0 saturated heterocycles. The van der Waals surface area contributed by atoms with Crippen LogP contribution in [-0.2, 0) is 27.9 Å². The third-order valence-electron chi connectivity index (χ3n) is 5.97. The van der Waals surface area contributed by atoms with E-state index >= 15 is 0 Å². The van der Waals surface area contributed by atoms with E-state index in [1.165, 1.54) is 4.88 Å². The van der Waals surface area contributed by atoms with Gasteiger partial charge in [0.1, 0.15) is 16.2 Å². The van der Waals surface area contributed by atoms with E-state index in [-0.39, 0.29) is 12.2 Å². The fraction of sp³-hybridized carbons (Fsp3) is 0.458. The summed E-state index contributed by atoms with van der Waals surface area (Å²) in [5, 5.41) is 0.676. The van der Waals surface area contributed by atoms with Gasteiger partial charge in [-0.25, -0.2) is 9.78 Å². The molecule has 1 atom stereocenters. The van der Waals surface area contributed by atoms with Crippen molar-refractivity contribution in [1.29, 1.82) is 0 Å². The molecule has 2 aromatic heterocycles. The van der Waals surface area contributed by atoms with Gasteiger partial charge < -0.3 is 4.74 Å². The Balaban J connectivity index is 2.04. The van der Waals surface area contributed by atoms with Crippen LogP contribution in [0.25, 0.3) is 21.6 Å². The van der Waals surface area contributed by atoms with Crippen molar-refractivity contribution in [2.45, 2.75) is 59.4 Å². The first kappa shape index (κ1) is 20.8. The van der Waals surface area contributed by atoms with E-state index in [1.54, 1.807) is 36.7 Å². The molecule has 6 heteroatoms. The highest BCUT2D eigenvalue weighted by Gasteiger charge is 2.37. The monoisotopic (exact) mass is 424 g/mol. The number of rotatable bonds is 4. The quantitative estimate of drug-likeness (QED) is 0.562. The Hall–Kier alpha value is -2.47. The lowest BCUT2D eigenvalue weighted by Gasteiger charge is -2.28. The standard InChI is InChI=1S/C24H28N2O3S/c1-6-29-23(28)24(4,5)26-20(16-10-7-14(2)8-11-16)25-21-19(22(26)27)17-12-9-15(3)13-18(17)30-21/h7-8,10-11,15H,6,9,12-13H2,1-5H3. The van der Waals surface area contributed by atoms with Crippen molar-refractivity contribution in [3.63, 3.8) is 0 Å². The van der Waals surface area contributed by atoms with E-state index in [2.05, 4.69) is 6.92 Å². The molecule has 0 saturated carbocycles.